The lowest BCUT2D eigenvalue weighted by Gasteiger charge is -2.38. The molecule has 1 saturated heterocycles. The van der Waals surface area contributed by atoms with Gasteiger partial charge in [-0.15, -0.1) is 0 Å². The van der Waals surface area contributed by atoms with E-state index in [0.717, 1.165) is 59.3 Å². The second-order valence-corrected chi connectivity index (χ2v) is 12.9. The second-order valence-electron chi connectivity index (χ2n) is 12.9. The molecule has 0 radical (unpaired) electrons. The SMILES string of the molecule is CN(C(=O)OC(C)(C)C)C1CCN(c2cnc3c(-c4ccc(OCc5ccccc5)nc4OCc4ccccc4)nn(C)c3c2)CC1. The molecule has 10 nitrogen and oxygen atoms in total. The molecule has 4 heterocycles. The molecule has 2 aromatic carbocycles. The van der Waals surface area contributed by atoms with Crippen molar-refractivity contribution in [2.45, 2.75) is 58.5 Å². The highest BCUT2D eigenvalue weighted by Gasteiger charge is 2.29. The third-order valence-corrected chi connectivity index (χ3v) is 8.27. The molecule has 1 aliphatic heterocycles. The third-order valence-electron chi connectivity index (χ3n) is 8.27. The van der Waals surface area contributed by atoms with Gasteiger partial charge in [0, 0.05) is 39.3 Å². The molecule has 0 saturated carbocycles. The van der Waals surface area contributed by atoms with Crippen LogP contribution in [0.4, 0.5) is 10.5 Å². The summed E-state index contributed by atoms with van der Waals surface area (Å²) in [5.74, 6) is 0.901. The topological polar surface area (TPSA) is 94.8 Å². The van der Waals surface area contributed by atoms with E-state index < -0.39 is 5.60 Å². The summed E-state index contributed by atoms with van der Waals surface area (Å²) in [4.78, 5) is 26.3. The molecular weight excluding hydrogens is 592 g/mol. The van der Waals surface area contributed by atoms with Crippen LogP contribution in [0, 0.1) is 0 Å². The fraction of sp³-hybridized carbons (Fsp3) is 0.351. The number of aromatic nitrogens is 4. The first kappa shape index (κ1) is 31.8. The van der Waals surface area contributed by atoms with Gasteiger partial charge in [0.05, 0.1) is 23.0 Å². The van der Waals surface area contributed by atoms with Gasteiger partial charge in [0.15, 0.2) is 0 Å². The van der Waals surface area contributed by atoms with Gasteiger partial charge in [-0.2, -0.15) is 10.1 Å². The zero-order valence-corrected chi connectivity index (χ0v) is 27.7. The Kier molecular flexibility index (Phi) is 9.29. The number of pyridine rings is 2. The molecule has 3 aromatic heterocycles. The van der Waals surface area contributed by atoms with Crippen LogP contribution in [0.5, 0.6) is 11.8 Å². The molecule has 0 atom stereocenters. The highest BCUT2D eigenvalue weighted by atomic mass is 16.6. The number of fused-ring (bicyclic) bond motifs is 1. The number of aryl methyl sites for hydroxylation is 1. The number of hydrogen-bond donors (Lipinski definition) is 0. The fourth-order valence-electron chi connectivity index (χ4n) is 5.72. The first-order chi connectivity index (χ1) is 22.6. The van der Waals surface area contributed by atoms with Crippen LogP contribution in [0.25, 0.3) is 22.3 Å². The van der Waals surface area contributed by atoms with Crippen molar-refractivity contribution < 1.29 is 19.0 Å². The van der Waals surface area contributed by atoms with Crippen molar-refractivity contribution in [1.29, 1.82) is 0 Å². The molecule has 47 heavy (non-hydrogen) atoms. The quantitative estimate of drug-likeness (QED) is 0.171. The number of carbonyl (C=O) groups is 1. The maximum Gasteiger partial charge on any atom is 0.410 e. The van der Waals surface area contributed by atoms with Gasteiger partial charge in [-0.05, 0) is 56.9 Å². The van der Waals surface area contributed by atoms with Gasteiger partial charge >= 0.3 is 6.09 Å². The Balaban J connectivity index is 1.22. The smallest absolute Gasteiger partial charge is 0.410 e. The van der Waals surface area contributed by atoms with Crippen LogP contribution in [0.2, 0.25) is 0 Å². The molecule has 5 aromatic rings. The number of carbonyl (C=O) groups excluding carboxylic acids is 1. The lowest BCUT2D eigenvalue weighted by molar-refractivity contribution is 0.0201. The first-order valence-electron chi connectivity index (χ1n) is 16.0. The zero-order chi connectivity index (χ0) is 33.0. The number of amides is 1. The van der Waals surface area contributed by atoms with Crippen molar-refractivity contribution in [3.63, 3.8) is 0 Å². The molecule has 0 spiro atoms. The normalized spacial score (nSPS) is 13.9. The van der Waals surface area contributed by atoms with Crippen molar-refractivity contribution in [3.8, 4) is 23.0 Å². The number of hydrogen-bond acceptors (Lipinski definition) is 8. The van der Waals surface area contributed by atoms with E-state index in [1.165, 1.54) is 0 Å². The highest BCUT2D eigenvalue weighted by molar-refractivity contribution is 5.92. The monoisotopic (exact) mass is 634 g/mol. The average molecular weight is 635 g/mol. The van der Waals surface area contributed by atoms with Crippen LogP contribution in [-0.2, 0) is 25.0 Å². The van der Waals surface area contributed by atoms with Crippen molar-refractivity contribution >= 4 is 22.8 Å². The molecule has 1 fully saturated rings. The van der Waals surface area contributed by atoms with Crippen molar-refractivity contribution in [1.82, 2.24) is 24.6 Å². The molecule has 6 rings (SSSR count). The lowest BCUT2D eigenvalue weighted by Crippen LogP contribution is -2.47. The van der Waals surface area contributed by atoms with E-state index in [1.807, 2.05) is 119 Å². The van der Waals surface area contributed by atoms with Crippen LogP contribution in [-0.4, -0.2) is 62.5 Å². The summed E-state index contributed by atoms with van der Waals surface area (Å²) in [6.07, 6.45) is 3.31. The van der Waals surface area contributed by atoms with Gasteiger partial charge < -0.3 is 24.0 Å². The summed E-state index contributed by atoms with van der Waals surface area (Å²) >= 11 is 0. The van der Waals surface area contributed by atoms with E-state index >= 15 is 0 Å². The molecule has 1 aliphatic rings. The van der Waals surface area contributed by atoms with Crippen molar-refractivity contribution in [3.05, 3.63) is 96.2 Å². The Morgan fingerprint density at radius 2 is 1.55 bits per heavy atom. The summed E-state index contributed by atoms with van der Waals surface area (Å²) in [7, 11) is 3.75. The van der Waals surface area contributed by atoms with Crippen LogP contribution < -0.4 is 14.4 Å². The number of piperidine rings is 1. The molecule has 1 amide bonds. The summed E-state index contributed by atoms with van der Waals surface area (Å²) in [5, 5.41) is 4.89. The Labute approximate surface area is 275 Å². The Hall–Kier alpha value is -5.12. The molecule has 0 unspecified atom stereocenters. The largest absolute Gasteiger partial charge is 0.473 e. The van der Waals surface area contributed by atoms with Crippen LogP contribution in [0.15, 0.2) is 85.1 Å². The second kappa shape index (κ2) is 13.7. The van der Waals surface area contributed by atoms with E-state index in [2.05, 4.69) is 11.0 Å². The molecule has 0 bridgehead atoms. The van der Waals surface area contributed by atoms with E-state index in [4.69, 9.17) is 29.3 Å². The van der Waals surface area contributed by atoms with E-state index in [9.17, 15) is 4.79 Å². The lowest BCUT2D eigenvalue weighted by atomic mass is 10.0. The van der Waals surface area contributed by atoms with Gasteiger partial charge in [-0.3, -0.25) is 9.67 Å². The molecule has 244 valence electrons. The fourth-order valence-corrected chi connectivity index (χ4v) is 5.72. The minimum atomic E-state index is -0.516. The van der Waals surface area contributed by atoms with Gasteiger partial charge in [0.2, 0.25) is 11.8 Å². The summed E-state index contributed by atoms with van der Waals surface area (Å²) in [6.45, 7) is 8.03. The third kappa shape index (κ3) is 7.65. The Morgan fingerprint density at radius 3 is 2.19 bits per heavy atom. The van der Waals surface area contributed by atoms with Crippen molar-refractivity contribution in [2.75, 3.05) is 25.0 Å². The summed E-state index contributed by atoms with van der Waals surface area (Å²) < 4.78 is 19.8. The molecule has 0 N–H and O–H groups in total. The van der Waals surface area contributed by atoms with E-state index in [0.29, 0.717) is 30.7 Å². The van der Waals surface area contributed by atoms with Crippen LogP contribution >= 0.6 is 0 Å². The maximum absolute atomic E-state index is 12.6. The minimum absolute atomic E-state index is 0.127. The number of nitrogens with zero attached hydrogens (tertiary/aromatic N) is 6. The highest BCUT2D eigenvalue weighted by Crippen LogP contribution is 2.36. The maximum atomic E-state index is 12.6. The number of rotatable bonds is 9. The van der Waals surface area contributed by atoms with E-state index in [-0.39, 0.29) is 12.1 Å². The number of anilines is 1. The van der Waals surface area contributed by atoms with Gasteiger partial charge in [0.1, 0.15) is 30.0 Å². The van der Waals surface area contributed by atoms with Gasteiger partial charge in [-0.25, -0.2) is 4.79 Å². The average Bonchev–Trinajstić information content (AvgIpc) is 3.41. The summed E-state index contributed by atoms with van der Waals surface area (Å²) in [5.41, 5.74) is 5.70. The first-order valence-corrected chi connectivity index (χ1v) is 16.0. The van der Waals surface area contributed by atoms with Gasteiger partial charge in [0.25, 0.3) is 0 Å². The van der Waals surface area contributed by atoms with Crippen LogP contribution in [0.3, 0.4) is 0 Å². The molecule has 10 heteroatoms. The zero-order valence-electron chi connectivity index (χ0n) is 27.7. The predicted octanol–water partition coefficient (Wildman–Crippen LogP) is 7.02. The Morgan fingerprint density at radius 1 is 0.915 bits per heavy atom. The molecular formula is C37H42N6O4. The number of ether oxygens (including phenoxy) is 3. The Bertz CT molecular complexity index is 1810. The van der Waals surface area contributed by atoms with Gasteiger partial charge in [-0.1, -0.05) is 60.7 Å². The number of benzene rings is 2. The molecule has 0 aliphatic carbocycles. The van der Waals surface area contributed by atoms with Crippen LogP contribution in [0.1, 0.15) is 44.7 Å². The van der Waals surface area contributed by atoms with Crippen molar-refractivity contribution in [2.24, 2.45) is 7.05 Å². The predicted molar refractivity (Wildman–Crippen MR) is 183 cm³/mol. The standard InChI is InChI=1S/C37H42N6O4/c1-37(2,3)47-36(44)41(4)28-18-20-43(21-19-28)29-22-31-34(38-23-29)33(40-42(31)5)30-16-17-32(45-24-26-12-8-6-9-13-26)39-35(30)46-25-27-14-10-7-11-15-27/h6-17,22-23,28H,18-21,24-25H2,1-5H3. The van der Waals surface area contributed by atoms with E-state index in [1.54, 1.807) is 4.90 Å². The minimum Gasteiger partial charge on any atom is -0.473 e. The summed E-state index contributed by atoms with van der Waals surface area (Å²) in [6, 6.07) is 26.0.